The van der Waals surface area contributed by atoms with Crippen molar-refractivity contribution in [3.63, 3.8) is 0 Å². The van der Waals surface area contributed by atoms with E-state index in [9.17, 15) is 0 Å². The number of hydrogen-bond donors (Lipinski definition) is 1. The van der Waals surface area contributed by atoms with Crippen LogP contribution in [0, 0.1) is 0 Å². The summed E-state index contributed by atoms with van der Waals surface area (Å²) in [5.41, 5.74) is 0.354. The van der Waals surface area contributed by atoms with Crippen molar-refractivity contribution >= 4 is 16.5 Å². The molecule has 0 aliphatic heterocycles. The lowest BCUT2D eigenvalue weighted by Crippen LogP contribution is -2.26. The first-order valence-electron chi connectivity index (χ1n) is 5.50. The van der Waals surface area contributed by atoms with Gasteiger partial charge in [-0.15, -0.1) is 0 Å². The molecule has 1 aliphatic rings. The fraction of sp³-hybridized carbons (Fsp3) is 0.727. The molecule has 0 aromatic carbocycles. The fourth-order valence-electron chi connectivity index (χ4n) is 1.45. The number of anilines is 1. The molecule has 0 radical (unpaired) electrons. The maximum Gasteiger partial charge on any atom is 0.230 e. The van der Waals surface area contributed by atoms with E-state index in [0.717, 1.165) is 17.6 Å². The first-order valence-corrected chi connectivity index (χ1v) is 6.32. The van der Waals surface area contributed by atoms with Gasteiger partial charge in [-0.25, -0.2) is 0 Å². The molecule has 0 spiro atoms. The van der Waals surface area contributed by atoms with Gasteiger partial charge in [-0.1, -0.05) is 11.3 Å². The van der Waals surface area contributed by atoms with E-state index in [2.05, 4.69) is 17.2 Å². The van der Waals surface area contributed by atoms with Crippen LogP contribution >= 0.6 is 11.3 Å². The Morgan fingerprint density at radius 1 is 1.50 bits per heavy atom. The van der Waals surface area contributed by atoms with Crippen molar-refractivity contribution in [2.75, 3.05) is 26.1 Å². The number of aromatic nitrogens is 1. The average molecular weight is 241 g/mol. The minimum absolute atomic E-state index is 0.354. The van der Waals surface area contributed by atoms with Crippen molar-refractivity contribution in [3.8, 4) is 5.88 Å². The van der Waals surface area contributed by atoms with Crippen LogP contribution in [0.5, 0.6) is 5.88 Å². The van der Waals surface area contributed by atoms with Gasteiger partial charge in [0.15, 0.2) is 5.13 Å². The van der Waals surface area contributed by atoms with Crippen LogP contribution in [0.25, 0.3) is 0 Å². The molecule has 1 heterocycles. The first-order chi connectivity index (χ1) is 7.54. The van der Waals surface area contributed by atoms with Gasteiger partial charge in [0.25, 0.3) is 0 Å². The third-order valence-electron chi connectivity index (χ3n) is 2.90. The predicted molar refractivity (Wildman–Crippen MR) is 67.5 cm³/mol. The van der Waals surface area contributed by atoms with E-state index in [4.69, 9.17) is 4.74 Å². The molecular weight excluding hydrogens is 222 g/mol. The highest BCUT2D eigenvalue weighted by Crippen LogP contribution is 2.36. The second-order valence-electron chi connectivity index (χ2n) is 4.74. The van der Waals surface area contributed by atoms with Crippen molar-refractivity contribution < 1.29 is 4.74 Å². The number of nitrogens with zero attached hydrogens (tertiary/aromatic N) is 2. The molecule has 1 saturated carbocycles. The normalized spacial score (nSPS) is 17.2. The summed E-state index contributed by atoms with van der Waals surface area (Å²) < 4.78 is 5.29. The second kappa shape index (κ2) is 4.22. The van der Waals surface area contributed by atoms with Gasteiger partial charge in [-0.3, -0.25) is 0 Å². The summed E-state index contributed by atoms with van der Waals surface area (Å²) in [4.78, 5) is 7.62. The van der Waals surface area contributed by atoms with Crippen molar-refractivity contribution in [1.82, 2.24) is 10.3 Å². The Hall–Kier alpha value is -0.810. The lowest BCUT2D eigenvalue weighted by atomic mass is 10.3. The molecule has 2 rings (SSSR count). The molecule has 1 aliphatic carbocycles. The van der Waals surface area contributed by atoms with Gasteiger partial charge >= 0.3 is 0 Å². The number of rotatable bonds is 5. The van der Waals surface area contributed by atoms with Crippen LogP contribution in [-0.4, -0.2) is 31.7 Å². The van der Waals surface area contributed by atoms with Gasteiger partial charge in [-0.2, -0.15) is 4.98 Å². The maximum absolute atomic E-state index is 5.29. The SMILES string of the molecule is COc1nc(N(C)C)sc1CNC1(C)CC1. The molecule has 1 aromatic heterocycles. The summed E-state index contributed by atoms with van der Waals surface area (Å²) in [5, 5.41) is 4.54. The average Bonchev–Trinajstić information content (AvgIpc) is 2.82. The Bertz CT molecular complexity index is 371. The molecule has 1 fully saturated rings. The Kier molecular flexibility index (Phi) is 3.08. The van der Waals surface area contributed by atoms with Crippen LogP contribution in [0.2, 0.25) is 0 Å². The van der Waals surface area contributed by atoms with Gasteiger partial charge < -0.3 is 15.0 Å². The summed E-state index contributed by atoms with van der Waals surface area (Å²) in [6.07, 6.45) is 2.54. The highest BCUT2D eigenvalue weighted by molar-refractivity contribution is 7.15. The number of thiazole rings is 1. The summed E-state index contributed by atoms with van der Waals surface area (Å²) in [6, 6.07) is 0. The lowest BCUT2D eigenvalue weighted by Gasteiger charge is -2.10. The summed E-state index contributed by atoms with van der Waals surface area (Å²) in [7, 11) is 5.67. The first kappa shape index (κ1) is 11.7. The Morgan fingerprint density at radius 2 is 2.19 bits per heavy atom. The van der Waals surface area contributed by atoms with E-state index in [0.29, 0.717) is 5.54 Å². The van der Waals surface area contributed by atoms with Crippen LogP contribution in [-0.2, 0) is 6.54 Å². The highest BCUT2D eigenvalue weighted by Gasteiger charge is 2.36. The Balaban J connectivity index is 2.06. The van der Waals surface area contributed by atoms with Crippen molar-refractivity contribution in [1.29, 1.82) is 0 Å². The molecular formula is C11H19N3OS. The second-order valence-corrected chi connectivity index (χ2v) is 5.80. The van der Waals surface area contributed by atoms with E-state index in [1.807, 2.05) is 19.0 Å². The van der Waals surface area contributed by atoms with Gasteiger partial charge in [0.2, 0.25) is 5.88 Å². The van der Waals surface area contributed by atoms with Gasteiger partial charge in [0.1, 0.15) is 0 Å². The van der Waals surface area contributed by atoms with Gasteiger partial charge in [0, 0.05) is 26.2 Å². The van der Waals surface area contributed by atoms with Gasteiger partial charge in [0.05, 0.1) is 12.0 Å². The maximum atomic E-state index is 5.29. The molecule has 5 heteroatoms. The molecule has 1 N–H and O–H groups in total. The minimum Gasteiger partial charge on any atom is -0.480 e. The predicted octanol–water partition coefficient (Wildman–Crippen LogP) is 1.86. The number of nitrogens with one attached hydrogen (secondary N) is 1. The van der Waals surface area contributed by atoms with Crippen LogP contribution in [0.1, 0.15) is 24.6 Å². The number of methoxy groups -OCH3 is 1. The summed E-state index contributed by atoms with van der Waals surface area (Å²) in [6.45, 7) is 3.11. The number of ether oxygens (including phenoxy) is 1. The molecule has 0 atom stereocenters. The fourth-order valence-corrected chi connectivity index (χ4v) is 2.34. The zero-order chi connectivity index (χ0) is 11.8. The Labute approximate surface area is 101 Å². The van der Waals surface area contributed by atoms with Crippen LogP contribution in [0.3, 0.4) is 0 Å². The van der Waals surface area contributed by atoms with Crippen LogP contribution in [0.15, 0.2) is 0 Å². The topological polar surface area (TPSA) is 37.4 Å². The molecule has 0 amide bonds. The van der Waals surface area contributed by atoms with Crippen molar-refractivity contribution in [2.24, 2.45) is 0 Å². The zero-order valence-corrected chi connectivity index (χ0v) is 11.1. The van der Waals surface area contributed by atoms with Crippen molar-refractivity contribution in [2.45, 2.75) is 31.8 Å². The van der Waals surface area contributed by atoms with Crippen LogP contribution < -0.4 is 15.0 Å². The van der Waals surface area contributed by atoms with E-state index >= 15 is 0 Å². The summed E-state index contributed by atoms with van der Waals surface area (Å²) in [5.74, 6) is 0.755. The molecule has 90 valence electrons. The van der Waals surface area contributed by atoms with E-state index in [-0.39, 0.29) is 0 Å². The third-order valence-corrected chi connectivity index (χ3v) is 4.11. The lowest BCUT2D eigenvalue weighted by molar-refractivity contribution is 0.393. The quantitative estimate of drug-likeness (QED) is 0.854. The van der Waals surface area contributed by atoms with E-state index < -0.39 is 0 Å². The van der Waals surface area contributed by atoms with Crippen molar-refractivity contribution in [3.05, 3.63) is 4.88 Å². The Morgan fingerprint density at radius 3 is 2.69 bits per heavy atom. The molecule has 1 aromatic rings. The molecule has 0 unspecified atom stereocenters. The monoisotopic (exact) mass is 241 g/mol. The third kappa shape index (κ3) is 2.47. The van der Waals surface area contributed by atoms with E-state index in [1.165, 1.54) is 17.7 Å². The molecule has 16 heavy (non-hydrogen) atoms. The van der Waals surface area contributed by atoms with Gasteiger partial charge in [-0.05, 0) is 19.8 Å². The van der Waals surface area contributed by atoms with Crippen LogP contribution in [0.4, 0.5) is 5.13 Å². The van der Waals surface area contributed by atoms with E-state index in [1.54, 1.807) is 18.4 Å². The minimum atomic E-state index is 0.354. The molecule has 0 bridgehead atoms. The number of hydrogen-bond acceptors (Lipinski definition) is 5. The molecule has 4 nitrogen and oxygen atoms in total. The smallest absolute Gasteiger partial charge is 0.230 e. The highest BCUT2D eigenvalue weighted by atomic mass is 32.1. The standard InChI is InChI=1S/C11H19N3OS/c1-11(5-6-11)12-7-8-9(15-4)13-10(16-8)14(2)3/h12H,5-7H2,1-4H3. The zero-order valence-electron chi connectivity index (χ0n) is 10.3. The largest absolute Gasteiger partial charge is 0.480 e. The molecule has 0 saturated heterocycles. The summed E-state index contributed by atoms with van der Waals surface area (Å²) >= 11 is 1.69.